The van der Waals surface area contributed by atoms with Crippen LogP contribution in [0.1, 0.15) is 41.7 Å². The number of aryl methyl sites for hydroxylation is 3. The number of nitrogens with one attached hydrogen (secondary N) is 1. The molecule has 5 nitrogen and oxygen atoms in total. The first-order valence-electron chi connectivity index (χ1n) is 12.2. The van der Waals surface area contributed by atoms with E-state index in [0.29, 0.717) is 18.7 Å². The second-order valence-corrected chi connectivity index (χ2v) is 10.3. The predicted molar refractivity (Wildman–Crippen MR) is 148 cm³/mol. The van der Waals surface area contributed by atoms with Gasteiger partial charge >= 0.3 is 0 Å². The molecular formula is C30H35BrN2O3. The van der Waals surface area contributed by atoms with Gasteiger partial charge in [-0.15, -0.1) is 0 Å². The average molecular weight is 552 g/mol. The fourth-order valence-electron chi connectivity index (χ4n) is 4.16. The Kier molecular flexibility index (Phi) is 9.71. The summed E-state index contributed by atoms with van der Waals surface area (Å²) in [6.45, 7) is 9.99. The third-order valence-corrected chi connectivity index (χ3v) is 7.16. The van der Waals surface area contributed by atoms with Crippen molar-refractivity contribution in [3.05, 3.63) is 99.0 Å². The van der Waals surface area contributed by atoms with Crippen molar-refractivity contribution < 1.29 is 14.3 Å². The number of amides is 2. The zero-order valence-corrected chi connectivity index (χ0v) is 23.3. The SMILES string of the molecule is Cc1cccc(CN(C(=O)COc2cc(C)c(Br)c(C)c2)[C@H](Cc2ccccc2)C(=O)NC(C)C)c1. The van der Waals surface area contributed by atoms with Gasteiger partial charge < -0.3 is 15.0 Å². The number of hydrogen-bond acceptors (Lipinski definition) is 3. The van der Waals surface area contributed by atoms with Crippen molar-refractivity contribution in [1.82, 2.24) is 10.2 Å². The van der Waals surface area contributed by atoms with Crippen LogP contribution in [0.25, 0.3) is 0 Å². The summed E-state index contributed by atoms with van der Waals surface area (Å²) in [5, 5.41) is 3.01. The molecule has 0 bridgehead atoms. The van der Waals surface area contributed by atoms with E-state index in [1.165, 1.54) is 0 Å². The van der Waals surface area contributed by atoms with Crippen molar-refractivity contribution in [3.63, 3.8) is 0 Å². The van der Waals surface area contributed by atoms with E-state index in [2.05, 4.69) is 21.2 Å². The Balaban J connectivity index is 1.92. The normalized spacial score (nSPS) is 11.8. The van der Waals surface area contributed by atoms with Crippen LogP contribution in [-0.2, 0) is 22.6 Å². The largest absolute Gasteiger partial charge is 0.484 e. The third kappa shape index (κ3) is 7.69. The molecule has 0 radical (unpaired) electrons. The quantitative estimate of drug-likeness (QED) is 0.341. The Bertz CT molecular complexity index is 1170. The number of hydrogen-bond donors (Lipinski definition) is 1. The number of nitrogens with zero attached hydrogens (tertiary/aromatic N) is 1. The molecule has 36 heavy (non-hydrogen) atoms. The Morgan fingerprint density at radius 1 is 0.917 bits per heavy atom. The molecule has 0 heterocycles. The first kappa shape index (κ1) is 27.5. The summed E-state index contributed by atoms with van der Waals surface area (Å²) in [5.74, 6) is 0.211. The number of rotatable bonds is 10. The molecule has 3 rings (SSSR count). The van der Waals surface area contributed by atoms with Gasteiger partial charge in [0.25, 0.3) is 5.91 Å². The Morgan fingerprint density at radius 2 is 1.56 bits per heavy atom. The second-order valence-electron chi connectivity index (χ2n) is 9.54. The van der Waals surface area contributed by atoms with Crippen LogP contribution >= 0.6 is 15.9 Å². The lowest BCUT2D eigenvalue weighted by Gasteiger charge is -2.32. The van der Waals surface area contributed by atoms with E-state index in [1.54, 1.807) is 4.90 Å². The molecule has 0 spiro atoms. The number of carbonyl (C=O) groups is 2. The highest BCUT2D eigenvalue weighted by Crippen LogP contribution is 2.26. The Labute approximate surface area is 223 Å². The zero-order chi connectivity index (χ0) is 26.2. The minimum atomic E-state index is -0.681. The van der Waals surface area contributed by atoms with E-state index in [0.717, 1.165) is 32.3 Å². The highest BCUT2D eigenvalue weighted by molar-refractivity contribution is 9.10. The number of halogens is 1. The molecule has 3 aromatic carbocycles. The van der Waals surface area contributed by atoms with Gasteiger partial charge in [-0.25, -0.2) is 0 Å². The third-order valence-electron chi connectivity index (χ3n) is 5.91. The highest BCUT2D eigenvalue weighted by atomic mass is 79.9. The summed E-state index contributed by atoms with van der Waals surface area (Å²) in [4.78, 5) is 28.7. The van der Waals surface area contributed by atoms with Crippen LogP contribution in [0.5, 0.6) is 5.75 Å². The summed E-state index contributed by atoms with van der Waals surface area (Å²) in [7, 11) is 0. The first-order valence-corrected chi connectivity index (χ1v) is 13.0. The molecule has 1 atom stereocenters. The molecule has 0 unspecified atom stereocenters. The minimum Gasteiger partial charge on any atom is -0.484 e. The van der Waals surface area contributed by atoms with Gasteiger partial charge in [0.05, 0.1) is 0 Å². The fraction of sp³-hybridized carbons (Fsp3) is 0.333. The number of benzene rings is 3. The Morgan fingerprint density at radius 3 is 2.17 bits per heavy atom. The fourth-order valence-corrected chi connectivity index (χ4v) is 4.39. The van der Waals surface area contributed by atoms with Crippen LogP contribution in [0.15, 0.2) is 71.2 Å². The lowest BCUT2D eigenvalue weighted by Crippen LogP contribution is -2.52. The van der Waals surface area contributed by atoms with Crippen LogP contribution in [0, 0.1) is 20.8 Å². The van der Waals surface area contributed by atoms with E-state index in [9.17, 15) is 9.59 Å². The van der Waals surface area contributed by atoms with Gasteiger partial charge in [-0.05, 0) is 69.0 Å². The van der Waals surface area contributed by atoms with Crippen molar-refractivity contribution in [1.29, 1.82) is 0 Å². The van der Waals surface area contributed by atoms with Gasteiger partial charge in [0, 0.05) is 23.5 Å². The van der Waals surface area contributed by atoms with Gasteiger partial charge in [0.1, 0.15) is 11.8 Å². The number of carbonyl (C=O) groups excluding carboxylic acids is 2. The summed E-state index contributed by atoms with van der Waals surface area (Å²) in [5.41, 5.74) is 5.13. The van der Waals surface area contributed by atoms with Crippen LogP contribution in [0.4, 0.5) is 0 Å². The summed E-state index contributed by atoms with van der Waals surface area (Å²) in [6, 6.07) is 20.9. The minimum absolute atomic E-state index is 0.0448. The van der Waals surface area contributed by atoms with Crippen molar-refractivity contribution in [2.75, 3.05) is 6.61 Å². The second kappa shape index (κ2) is 12.7. The van der Waals surface area contributed by atoms with Crippen molar-refractivity contribution in [3.8, 4) is 5.75 Å². The maximum atomic E-state index is 13.7. The summed E-state index contributed by atoms with van der Waals surface area (Å²) in [6.07, 6.45) is 0.410. The molecule has 0 aromatic heterocycles. The molecule has 2 amide bonds. The maximum absolute atomic E-state index is 13.7. The van der Waals surface area contributed by atoms with Crippen molar-refractivity contribution in [2.45, 2.75) is 59.7 Å². The molecule has 190 valence electrons. The van der Waals surface area contributed by atoms with Crippen LogP contribution in [-0.4, -0.2) is 35.4 Å². The zero-order valence-electron chi connectivity index (χ0n) is 21.7. The summed E-state index contributed by atoms with van der Waals surface area (Å²) >= 11 is 3.57. The molecule has 0 saturated heterocycles. The van der Waals surface area contributed by atoms with E-state index in [-0.39, 0.29) is 24.5 Å². The van der Waals surface area contributed by atoms with Crippen molar-refractivity contribution >= 4 is 27.7 Å². The first-order chi connectivity index (χ1) is 17.1. The van der Waals surface area contributed by atoms with E-state index < -0.39 is 6.04 Å². The highest BCUT2D eigenvalue weighted by Gasteiger charge is 2.31. The van der Waals surface area contributed by atoms with Crippen LogP contribution in [0.2, 0.25) is 0 Å². The van der Waals surface area contributed by atoms with Crippen LogP contribution in [0.3, 0.4) is 0 Å². The molecule has 0 saturated carbocycles. The van der Waals surface area contributed by atoms with E-state index in [4.69, 9.17) is 4.74 Å². The predicted octanol–water partition coefficient (Wildman–Crippen LogP) is 5.92. The molecule has 0 aliphatic rings. The van der Waals surface area contributed by atoms with Crippen LogP contribution < -0.4 is 10.1 Å². The van der Waals surface area contributed by atoms with Gasteiger partial charge in [0.15, 0.2) is 6.61 Å². The molecule has 0 aliphatic heterocycles. The van der Waals surface area contributed by atoms with E-state index >= 15 is 0 Å². The van der Waals surface area contributed by atoms with Gasteiger partial charge in [-0.2, -0.15) is 0 Å². The maximum Gasteiger partial charge on any atom is 0.261 e. The molecule has 0 fully saturated rings. The topological polar surface area (TPSA) is 58.6 Å². The average Bonchev–Trinajstić information content (AvgIpc) is 2.83. The van der Waals surface area contributed by atoms with Gasteiger partial charge in [0.2, 0.25) is 5.91 Å². The lowest BCUT2D eigenvalue weighted by molar-refractivity contribution is -0.143. The van der Waals surface area contributed by atoms with Crippen molar-refractivity contribution in [2.24, 2.45) is 0 Å². The molecule has 6 heteroatoms. The molecule has 0 aliphatic carbocycles. The Hall–Kier alpha value is -3.12. The smallest absolute Gasteiger partial charge is 0.261 e. The van der Waals surface area contributed by atoms with Gasteiger partial charge in [-0.3, -0.25) is 9.59 Å². The molecular weight excluding hydrogens is 516 g/mol. The number of ether oxygens (including phenoxy) is 1. The monoisotopic (exact) mass is 550 g/mol. The molecule has 3 aromatic rings. The van der Waals surface area contributed by atoms with Gasteiger partial charge in [-0.1, -0.05) is 76.1 Å². The summed E-state index contributed by atoms with van der Waals surface area (Å²) < 4.78 is 6.97. The van der Waals surface area contributed by atoms with E-state index in [1.807, 2.05) is 101 Å². The molecule has 1 N–H and O–H groups in total. The standard InChI is InChI=1S/C30H35BrN2O3/c1-20(2)32-30(35)27(17-24-11-7-6-8-12-24)33(18-25-13-9-10-21(3)14-25)28(34)19-36-26-15-22(4)29(31)23(5)16-26/h6-16,20,27H,17-19H2,1-5H3,(H,32,35)/t27-/m1/s1. The lowest BCUT2D eigenvalue weighted by atomic mass is 10.0.